The molecule has 2 aromatic carbocycles. The van der Waals surface area contributed by atoms with E-state index < -0.39 is 21.4 Å². The zero-order chi connectivity index (χ0) is 16.9. The lowest BCUT2D eigenvalue weighted by molar-refractivity contribution is 0.540. The van der Waals surface area contributed by atoms with E-state index in [2.05, 4.69) is 11.3 Å². The van der Waals surface area contributed by atoms with E-state index in [9.17, 15) is 8.42 Å². The summed E-state index contributed by atoms with van der Waals surface area (Å²) in [6.07, 6.45) is 2.11. The predicted octanol–water partition coefficient (Wildman–Crippen LogP) is 4.20. The van der Waals surface area contributed by atoms with Crippen LogP contribution in [0.5, 0.6) is 0 Å². The first-order valence-corrected chi connectivity index (χ1v) is 9.25. The van der Waals surface area contributed by atoms with Crippen LogP contribution in [0.4, 0.5) is 0 Å². The fourth-order valence-electron chi connectivity index (χ4n) is 2.26. The van der Waals surface area contributed by atoms with Crippen LogP contribution in [0.25, 0.3) is 0 Å². The summed E-state index contributed by atoms with van der Waals surface area (Å²) in [5.41, 5.74) is 1.87. The minimum atomic E-state index is -3.63. The lowest BCUT2D eigenvalue weighted by Crippen LogP contribution is -2.37. The molecule has 0 amide bonds. The number of alkyl halides is 1. The first kappa shape index (κ1) is 17.7. The zero-order valence-corrected chi connectivity index (χ0v) is 14.5. The highest BCUT2D eigenvalue weighted by atomic mass is 35.5. The second-order valence-electron chi connectivity index (χ2n) is 5.38. The van der Waals surface area contributed by atoms with Crippen molar-refractivity contribution in [2.75, 3.05) is 0 Å². The Morgan fingerprint density at radius 2 is 1.74 bits per heavy atom. The monoisotopic (exact) mass is 349 g/mol. The summed E-state index contributed by atoms with van der Waals surface area (Å²) < 4.78 is 27.8. The normalized spacial score (nSPS) is 14.2. The Morgan fingerprint density at radius 3 is 2.30 bits per heavy atom. The number of benzene rings is 2. The van der Waals surface area contributed by atoms with Crippen molar-refractivity contribution >= 4 is 21.6 Å². The lowest BCUT2D eigenvalue weighted by atomic mass is 10.0. The van der Waals surface area contributed by atoms with Gasteiger partial charge in [0.1, 0.15) is 0 Å². The van der Waals surface area contributed by atoms with Crippen molar-refractivity contribution in [2.24, 2.45) is 0 Å². The molecule has 5 heteroatoms. The number of halogens is 1. The van der Waals surface area contributed by atoms with Crippen molar-refractivity contribution < 1.29 is 8.42 Å². The second-order valence-corrected chi connectivity index (χ2v) is 7.56. The molecule has 23 heavy (non-hydrogen) atoms. The van der Waals surface area contributed by atoms with Crippen LogP contribution in [0.1, 0.15) is 22.9 Å². The summed E-state index contributed by atoms with van der Waals surface area (Å²) >= 11 is 6.50. The summed E-state index contributed by atoms with van der Waals surface area (Å²) in [5.74, 6) is 0. The summed E-state index contributed by atoms with van der Waals surface area (Å²) in [6, 6.07) is 15.7. The van der Waals surface area contributed by atoms with Crippen molar-refractivity contribution in [3.63, 3.8) is 0 Å². The van der Waals surface area contributed by atoms with Gasteiger partial charge < -0.3 is 0 Å². The van der Waals surface area contributed by atoms with Crippen LogP contribution in [-0.4, -0.2) is 14.5 Å². The highest BCUT2D eigenvalue weighted by Crippen LogP contribution is 2.27. The molecule has 0 unspecified atom stereocenters. The maximum absolute atomic E-state index is 12.6. The summed E-state index contributed by atoms with van der Waals surface area (Å²) in [7, 11) is -3.63. The number of rotatable bonds is 7. The molecule has 0 aliphatic carbocycles. The largest absolute Gasteiger partial charge is 0.240 e. The predicted molar refractivity (Wildman–Crippen MR) is 95.1 cm³/mol. The average Bonchev–Trinajstić information content (AvgIpc) is 2.55. The van der Waals surface area contributed by atoms with Gasteiger partial charge in [-0.05, 0) is 31.0 Å². The molecule has 2 atom stereocenters. The van der Waals surface area contributed by atoms with Crippen LogP contribution in [-0.2, 0) is 10.0 Å². The molecule has 2 rings (SSSR count). The molecule has 0 saturated heterocycles. The van der Waals surface area contributed by atoms with E-state index in [-0.39, 0.29) is 4.90 Å². The Balaban J connectivity index is 2.24. The molecule has 0 heterocycles. The molecule has 0 spiro atoms. The Hall–Kier alpha value is -1.62. The van der Waals surface area contributed by atoms with E-state index >= 15 is 0 Å². The van der Waals surface area contributed by atoms with Gasteiger partial charge in [-0.25, -0.2) is 13.1 Å². The van der Waals surface area contributed by atoms with Crippen LogP contribution >= 0.6 is 11.6 Å². The van der Waals surface area contributed by atoms with Crippen LogP contribution in [0, 0.1) is 6.92 Å². The molecule has 0 saturated carbocycles. The molecule has 1 N–H and O–H groups in total. The average molecular weight is 350 g/mol. The number of aryl methyl sites for hydroxylation is 1. The fourth-order valence-corrected chi connectivity index (χ4v) is 3.91. The van der Waals surface area contributed by atoms with E-state index in [1.54, 1.807) is 30.3 Å². The number of hydrogen-bond donors (Lipinski definition) is 1. The maximum atomic E-state index is 12.6. The Kier molecular flexibility index (Phi) is 5.99. The van der Waals surface area contributed by atoms with Gasteiger partial charge in [0.05, 0.1) is 10.3 Å². The number of nitrogens with one attached hydrogen (secondary N) is 1. The van der Waals surface area contributed by atoms with Crippen molar-refractivity contribution in [1.29, 1.82) is 0 Å². The van der Waals surface area contributed by atoms with Crippen molar-refractivity contribution in [1.82, 2.24) is 4.72 Å². The first-order valence-electron chi connectivity index (χ1n) is 7.33. The molecular formula is C18H20ClNO2S. The molecule has 122 valence electrons. The van der Waals surface area contributed by atoms with Gasteiger partial charge in [0, 0.05) is 6.04 Å². The number of sulfonamides is 1. The van der Waals surface area contributed by atoms with Gasteiger partial charge in [0.2, 0.25) is 10.0 Å². The molecule has 0 fully saturated rings. The minimum Gasteiger partial charge on any atom is -0.207 e. The van der Waals surface area contributed by atoms with Crippen LogP contribution in [0.3, 0.4) is 0 Å². The third kappa shape index (κ3) is 4.67. The van der Waals surface area contributed by atoms with Crippen molar-refractivity contribution in [2.45, 2.75) is 29.7 Å². The van der Waals surface area contributed by atoms with E-state index in [1.165, 1.54) is 0 Å². The van der Waals surface area contributed by atoms with Crippen LogP contribution < -0.4 is 4.72 Å². The molecule has 0 aliphatic rings. The van der Waals surface area contributed by atoms with Gasteiger partial charge in [0.15, 0.2) is 0 Å². The van der Waals surface area contributed by atoms with E-state index in [0.717, 1.165) is 11.1 Å². The Morgan fingerprint density at radius 1 is 1.13 bits per heavy atom. The van der Waals surface area contributed by atoms with Gasteiger partial charge >= 0.3 is 0 Å². The molecule has 0 bridgehead atoms. The molecule has 0 aliphatic heterocycles. The quantitative estimate of drug-likeness (QED) is 0.601. The standard InChI is InChI=1S/C18H20ClNO2S/c1-3-7-17(18(19)15-8-5-4-6-9-15)20-23(21,22)16-12-10-14(2)11-13-16/h3-6,8-13,17-18,20H,1,7H2,2H3/t17-,18+/m0/s1. The van der Waals surface area contributed by atoms with Crippen LogP contribution in [0.15, 0.2) is 72.1 Å². The fraction of sp³-hybridized carbons (Fsp3) is 0.222. The molecule has 0 aromatic heterocycles. The summed E-state index contributed by atoms with van der Waals surface area (Å²) in [5, 5.41) is -0.477. The topological polar surface area (TPSA) is 46.2 Å². The second kappa shape index (κ2) is 7.77. The maximum Gasteiger partial charge on any atom is 0.240 e. The molecular weight excluding hydrogens is 330 g/mol. The van der Waals surface area contributed by atoms with Gasteiger partial charge in [-0.2, -0.15) is 0 Å². The Labute approximate surface area is 143 Å². The van der Waals surface area contributed by atoms with Gasteiger partial charge in [-0.3, -0.25) is 0 Å². The van der Waals surface area contributed by atoms with Gasteiger partial charge in [-0.1, -0.05) is 54.1 Å². The lowest BCUT2D eigenvalue weighted by Gasteiger charge is -2.23. The molecule has 0 radical (unpaired) electrons. The van der Waals surface area contributed by atoms with Crippen molar-refractivity contribution in [3.8, 4) is 0 Å². The third-order valence-electron chi connectivity index (χ3n) is 3.53. The Bertz CT molecular complexity index is 742. The highest BCUT2D eigenvalue weighted by Gasteiger charge is 2.26. The number of hydrogen-bond acceptors (Lipinski definition) is 2. The first-order chi connectivity index (χ1) is 10.9. The molecule has 2 aromatic rings. The summed E-state index contributed by atoms with van der Waals surface area (Å²) in [4.78, 5) is 0.231. The highest BCUT2D eigenvalue weighted by molar-refractivity contribution is 7.89. The molecule has 3 nitrogen and oxygen atoms in total. The zero-order valence-electron chi connectivity index (χ0n) is 12.9. The van der Waals surface area contributed by atoms with Crippen molar-refractivity contribution in [3.05, 3.63) is 78.4 Å². The van der Waals surface area contributed by atoms with Gasteiger partial charge in [0.25, 0.3) is 0 Å². The third-order valence-corrected chi connectivity index (χ3v) is 5.59. The van der Waals surface area contributed by atoms with E-state index in [4.69, 9.17) is 11.6 Å². The van der Waals surface area contributed by atoms with Gasteiger partial charge in [-0.15, -0.1) is 18.2 Å². The van der Waals surface area contributed by atoms with E-state index in [0.29, 0.717) is 6.42 Å². The summed E-state index contributed by atoms with van der Waals surface area (Å²) in [6.45, 7) is 5.61. The SMILES string of the molecule is C=CC[C@H](NS(=O)(=O)c1ccc(C)cc1)[C@H](Cl)c1ccccc1. The van der Waals surface area contributed by atoms with Crippen LogP contribution in [0.2, 0.25) is 0 Å². The minimum absolute atomic E-state index is 0.231. The smallest absolute Gasteiger partial charge is 0.207 e. The van der Waals surface area contributed by atoms with E-state index in [1.807, 2.05) is 37.3 Å².